The van der Waals surface area contributed by atoms with Gasteiger partial charge in [0.1, 0.15) is 19.3 Å². The van der Waals surface area contributed by atoms with Gasteiger partial charge >= 0.3 is 5.97 Å². The second-order valence-corrected chi connectivity index (χ2v) is 20.6. The number of carbonyl (C=O) groups excluding carboxylic acids is 1. The summed E-state index contributed by atoms with van der Waals surface area (Å²) in [7, 11) is 1.34. The highest BCUT2D eigenvalue weighted by Crippen LogP contribution is 2.38. The SMILES string of the molecule is CC/C=C\C/C=C\C/C=C\C/C=C\CCCCCCCCC(=O)OC(COCCCCCCCCCCCCCC/C=C\CCCCCCCCCC)COP(=O)([O-])OCC[N+](C)(C)C. The Hall–Kier alpha value is -1.80. The van der Waals surface area contributed by atoms with Crippen LogP contribution in [0.15, 0.2) is 60.8 Å². The van der Waals surface area contributed by atoms with Crippen molar-refractivity contribution in [3.8, 4) is 0 Å². The zero-order valence-corrected chi connectivity index (χ0v) is 44.1. The molecule has 0 radical (unpaired) electrons. The Balaban J connectivity index is 4.12. The number of hydrogen-bond acceptors (Lipinski definition) is 7. The lowest BCUT2D eigenvalue weighted by molar-refractivity contribution is -0.870. The number of hydrogen-bond donors (Lipinski definition) is 0. The van der Waals surface area contributed by atoms with Crippen molar-refractivity contribution in [1.82, 2.24) is 0 Å². The number of likely N-dealkylation sites (N-methyl/N-ethyl adjacent to an activating group) is 1. The monoisotopic (exact) mass is 934 g/mol. The summed E-state index contributed by atoms with van der Waals surface area (Å²) < 4.78 is 34.8. The molecule has 0 aromatic carbocycles. The molecule has 9 heteroatoms. The maximum Gasteiger partial charge on any atom is 0.306 e. The molecule has 0 aromatic rings. The minimum atomic E-state index is -4.54. The van der Waals surface area contributed by atoms with Gasteiger partial charge in [0.25, 0.3) is 7.82 Å². The first-order valence-electron chi connectivity index (χ1n) is 27.0. The molecule has 0 saturated carbocycles. The van der Waals surface area contributed by atoms with Crippen LogP contribution in [0.2, 0.25) is 0 Å². The maximum absolute atomic E-state index is 12.8. The predicted molar refractivity (Wildman–Crippen MR) is 277 cm³/mol. The summed E-state index contributed by atoms with van der Waals surface area (Å²) in [5.41, 5.74) is 0. The highest BCUT2D eigenvalue weighted by atomic mass is 31.2. The van der Waals surface area contributed by atoms with Crippen molar-refractivity contribution in [3.63, 3.8) is 0 Å². The number of esters is 1. The van der Waals surface area contributed by atoms with E-state index in [-0.39, 0.29) is 25.8 Å². The zero-order chi connectivity index (χ0) is 47.6. The molecule has 0 rings (SSSR count). The summed E-state index contributed by atoms with van der Waals surface area (Å²) in [5, 5.41) is 0. The summed E-state index contributed by atoms with van der Waals surface area (Å²) in [5.74, 6) is -0.347. The fraction of sp³-hybridized carbons (Fsp3) is 0.804. The topological polar surface area (TPSA) is 94.1 Å². The molecular weight excluding hydrogens is 830 g/mol. The summed E-state index contributed by atoms with van der Waals surface area (Å²) in [6.45, 7) is 5.30. The second-order valence-electron chi connectivity index (χ2n) is 19.2. The molecule has 65 heavy (non-hydrogen) atoms. The van der Waals surface area contributed by atoms with Gasteiger partial charge in [-0.3, -0.25) is 9.36 Å². The third-order valence-electron chi connectivity index (χ3n) is 11.6. The molecule has 0 heterocycles. The van der Waals surface area contributed by atoms with Gasteiger partial charge < -0.3 is 27.9 Å². The van der Waals surface area contributed by atoms with E-state index in [0.717, 1.165) is 70.6 Å². The standard InChI is InChI=1S/C56H104NO7P/c1-6-8-10-12-14-16-18-20-22-24-26-27-28-29-30-32-34-36-38-40-42-44-46-48-51-61-53-55(54-63-65(59,60)62-52-50-57(3,4)5)64-56(58)49-47-45-43-41-39-37-35-33-31-25-23-21-19-17-15-13-11-9-7-2/h9,11,15,17,21,23-24,26,31,33,55H,6-8,10,12-14,16,18-20,22,25,27-30,32,34-54H2,1-5H3/b11-9-,17-15-,23-21-,26-24-,33-31-. The third-order valence-corrected chi connectivity index (χ3v) is 12.5. The summed E-state index contributed by atoms with van der Waals surface area (Å²) >= 11 is 0. The summed E-state index contributed by atoms with van der Waals surface area (Å²) in [4.78, 5) is 25.2. The van der Waals surface area contributed by atoms with Crippen LogP contribution in [0.1, 0.15) is 232 Å². The van der Waals surface area contributed by atoms with Gasteiger partial charge in [0.2, 0.25) is 0 Å². The Labute approximate surface area is 402 Å². The van der Waals surface area contributed by atoms with E-state index in [9.17, 15) is 14.3 Å². The minimum absolute atomic E-state index is 0.0212. The quantitative estimate of drug-likeness (QED) is 0.0197. The lowest BCUT2D eigenvalue weighted by atomic mass is 10.0. The van der Waals surface area contributed by atoms with E-state index in [1.807, 2.05) is 21.1 Å². The first kappa shape index (κ1) is 63.2. The van der Waals surface area contributed by atoms with Crippen molar-refractivity contribution in [3.05, 3.63) is 60.8 Å². The van der Waals surface area contributed by atoms with Crippen molar-refractivity contribution in [1.29, 1.82) is 0 Å². The number of allylic oxidation sites excluding steroid dienone is 10. The van der Waals surface area contributed by atoms with Crippen LogP contribution in [0.5, 0.6) is 0 Å². The largest absolute Gasteiger partial charge is 0.756 e. The highest BCUT2D eigenvalue weighted by molar-refractivity contribution is 7.45. The molecule has 0 spiro atoms. The number of phosphoric acid groups is 1. The van der Waals surface area contributed by atoms with E-state index < -0.39 is 13.9 Å². The zero-order valence-electron chi connectivity index (χ0n) is 43.2. The van der Waals surface area contributed by atoms with Gasteiger partial charge in [0.15, 0.2) is 0 Å². The van der Waals surface area contributed by atoms with Crippen LogP contribution in [0.3, 0.4) is 0 Å². The van der Waals surface area contributed by atoms with Gasteiger partial charge in [-0.1, -0.05) is 209 Å². The summed E-state index contributed by atoms with van der Waals surface area (Å²) in [6.07, 6.45) is 62.5. The average Bonchev–Trinajstić information content (AvgIpc) is 3.27. The number of unbranched alkanes of at least 4 members (excludes halogenated alkanes) is 26. The van der Waals surface area contributed by atoms with Gasteiger partial charge in [0.05, 0.1) is 34.4 Å². The van der Waals surface area contributed by atoms with E-state index in [4.69, 9.17) is 18.5 Å². The van der Waals surface area contributed by atoms with Crippen LogP contribution in [-0.2, 0) is 27.9 Å². The van der Waals surface area contributed by atoms with Crippen molar-refractivity contribution >= 4 is 13.8 Å². The molecule has 0 bridgehead atoms. The normalized spacial score (nSPS) is 14.0. The predicted octanol–water partition coefficient (Wildman–Crippen LogP) is 16.2. The maximum atomic E-state index is 12.8. The van der Waals surface area contributed by atoms with Crippen LogP contribution < -0.4 is 4.89 Å². The smallest absolute Gasteiger partial charge is 0.306 e. The molecule has 2 unspecified atom stereocenters. The van der Waals surface area contributed by atoms with Crippen molar-refractivity contribution < 1.29 is 37.3 Å². The van der Waals surface area contributed by atoms with Crippen LogP contribution >= 0.6 is 7.82 Å². The van der Waals surface area contributed by atoms with E-state index in [0.29, 0.717) is 24.1 Å². The number of nitrogens with zero attached hydrogens (tertiary/aromatic N) is 1. The molecule has 0 aliphatic heterocycles. The number of phosphoric ester groups is 1. The lowest BCUT2D eigenvalue weighted by Gasteiger charge is -2.28. The Kier molecular flexibility index (Phi) is 47.3. The second kappa shape index (κ2) is 48.6. The molecule has 0 N–H and O–H groups in total. The van der Waals surface area contributed by atoms with Gasteiger partial charge in [-0.05, 0) is 77.0 Å². The molecule has 0 aromatic heterocycles. The minimum Gasteiger partial charge on any atom is -0.756 e. The first-order valence-corrected chi connectivity index (χ1v) is 28.5. The van der Waals surface area contributed by atoms with Crippen LogP contribution in [0.4, 0.5) is 0 Å². The van der Waals surface area contributed by atoms with E-state index in [1.54, 1.807) is 0 Å². The summed E-state index contributed by atoms with van der Waals surface area (Å²) in [6, 6.07) is 0. The van der Waals surface area contributed by atoms with Gasteiger partial charge in [-0.2, -0.15) is 0 Å². The van der Waals surface area contributed by atoms with Crippen LogP contribution in [-0.4, -0.2) is 70.7 Å². The lowest BCUT2D eigenvalue weighted by Crippen LogP contribution is -2.37. The number of rotatable bonds is 50. The first-order chi connectivity index (χ1) is 31.6. The van der Waals surface area contributed by atoms with Gasteiger partial charge in [0, 0.05) is 13.0 Å². The molecule has 0 aliphatic rings. The van der Waals surface area contributed by atoms with E-state index in [2.05, 4.69) is 74.6 Å². The molecule has 8 nitrogen and oxygen atoms in total. The fourth-order valence-electron chi connectivity index (χ4n) is 7.42. The fourth-order valence-corrected chi connectivity index (χ4v) is 8.14. The van der Waals surface area contributed by atoms with E-state index in [1.165, 1.54) is 141 Å². The third kappa shape index (κ3) is 53.0. The number of ether oxygens (including phenoxy) is 2. The number of quaternary nitrogens is 1. The molecule has 0 amide bonds. The average molecular weight is 934 g/mol. The molecule has 380 valence electrons. The van der Waals surface area contributed by atoms with Crippen LogP contribution in [0.25, 0.3) is 0 Å². The van der Waals surface area contributed by atoms with Crippen molar-refractivity contribution in [2.45, 2.75) is 238 Å². The molecule has 0 aliphatic carbocycles. The van der Waals surface area contributed by atoms with Crippen molar-refractivity contribution in [2.24, 2.45) is 0 Å². The highest BCUT2D eigenvalue weighted by Gasteiger charge is 2.20. The van der Waals surface area contributed by atoms with Crippen molar-refractivity contribution in [2.75, 3.05) is 54.1 Å². The molecule has 0 fully saturated rings. The molecule has 2 atom stereocenters. The van der Waals surface area contributed by atoms with Crippen LogP contribution in [0, 0.1) is 0 Å². The molecular formula is C56H104NO7P. The Morgan fingerprint density at radius 3 is 1.35 bits per heavy atom. The Morgan fingerprint density at radius 2 is 0.892 bits per heavy atom. The number of carbonyl (C=O) groups is 1. The van der Waals surface area contributed by atoms with Gasteiger partial charge in [-0.15, -0.1) is 0 Å². The Morgan fingerprint density at radius 1 is 0.492 bits per heavy atom. The molecule has 0 saturated heterocycles. The Bertz CT molecular complexity index is 1220. The van der Waals surface area contributed by atoms with E-state index >= 15 is 0 Å². The van der Waals surface area contributed by atoms with Gasteiger partial charge in [-0.25, -0.2) is 0 Å².